The van der Waals surface area contributed by atoms with Gasteiger partial charge in [-0.15, -0.1) is 0 Å². The van der Waals surface area contributed by atoms with E-state index in [4.69, 9.17) is 4.74 Å². The molecule has 2 aliphatic carbocycles. The Kier molecular flexibility index (Phi) is 6.49. The van der Waals surface area contributed by atoms with E-state index in [0.29, 0.717) is 25.2 Å². The molecule has 0 saturated heterocycles. The van der Waals surface area contributed by atoms with Gasteiger partial charge in [0.05, 0.1) is 12.7 Å². The van der Waals surface area contributed by atoms with Crippen molar-refractivity contribution < 1.29 is 19.1 Å². The minimum absolute atomic E-state index is 0.0106. The number of carbonyl (C=O) groups is 3. The average Bonchev–Trinajstić information content (AvgIpc) is 3.92. The highest BCUT2D eigenvalue weighted by Gasteiger charge is 2.48. The molecule has 1 heterocycles. The van der Waals surface area contributed by atoms with E-state index in [1.807, 2.05) is 41.3 Å². The zero-order valence-corrected chi connectivity index (χ0v) is 22.5. The standard InChI is InChI=1S/C33H34N2O4/c1-33(14-15-33)32(38)35-16-13-26-25(22-9-6-10-23(17-22)31(37)39-2)12-11-24(29(26)20-35)19-34-30(36)28-18-27(28)21-7-4-3-5-8-21/h3-12,17,27-28H,13-16,18-20H2,1-2H3,(H,34,36). The Bertz CT molecular complexity index is 1440. The number of esters is 1. The summed E-state index contributed by atoms with van der Waals surface area (Å²) >= 11 is 0. The minimum atomic E-state index is -0.367. The van der Waals surface area contributed by atoms with E-state index in [0.717, 1.165) is 47.9 Å². The molecule has 2 amide bonds. The smallest absolute Gasteiger partial charge is 0.337 e. The third-order valence-electron chi connectivity index (χ3n) is 8.72. The molecule has 0 bridgehead atoms. The zero-order chi connectivity index (χ0) is 27.1. The lowest BCUT2D eigenvalue weighted by Crippen LogP contribution is -2.40. The maximum absolute atomic E-state index is 13.3. The van der Waals surface area contributed by atoms with Crippen LogP contribution in [-0.2, 0) is 33.8 Å². The Balaban J connectivity index is 1.27. The van der Waals surface area contributed by atoms with E-state index in [1.54, 1.807) is 6.07 Å². The molecule has 3 aromatic rings. The van der Waals surface area contributed by atoms with Crippen molar-refractivity contribution in [3.05, 3.63) is 94.5 Å². The Morgan fingerprint density at radius 3 is 2.54 bits per heavy atom. The predicted octanol–water partition coefficient (Wildman–Crippen LogP) is 5.24. The van der Waals surface area contributed by atoms with Crippen molar-refractivity contribution in [3.8, 4) is 11.1 Å². The number of hydrogen-bond donors (Lipinski definition) is 1. The third-order valence-corrected chi connectivity index (χ3v) is 8.72. The number of hydrogen-bond acceptors (Lipinski definition) is 4. The summed E-state index contributed by atoms with van der Waals surface area (Å²) < 4.78 is 4.93. The monoisotopic (exact) mass is 522 g/mol. The molecule has 200 valence electrons. The highest BCUT2D eigenvalue weighted by atomic mass is 16.5. The van der Waals surface area contributed by atoms with E-state index in [1.165, 1.54) is 18.2 Å². The summed E-state index contributed by atoms with van der Waals surface area (Å²) in [4.78, 5) is 40.5. The largest absolute Gasteiger partial charge is 0.465 e. The first-order valence-corrected chi connectivity index (χ1v) is 13.8. The maximum atomic E-state index is 13.3. The molecule has 2 fully saturated rings. The highest BCUT2D eigenvalue weighted by Crippen LogP contribution is 2.48. The molecule has 3 aromatic carbocycles. The lowest BCUT2D eigenvalue weighted by Gasteiger charge is -2.33. The molecule has 2 atom stereocenters. The summed E-state index contributed by atoms with van der Waals surface area (Å²) in [7, 11) is 1.38. The predicted molar refractivity (Wildman–Crippen MR) is 149 cm³/mol. The van der Waals surface area contributed by atoms with Crippen LogP contribution in [0.3, 0.4) is 0 Å². The van der Waals surface area contributed by atoms with Crippen molar-refractivity contribution in [2.45, 2.75) is 51.6 Å². The van der Waals surface area contributed by atoms with Crippen molar-refractivity contribution in [3.63, 3.8) is 0 Å². The van der Waals surface area contributed by atoms with Crippen molar-refractivity contribution in [1.29, 1.82) is 0 Å². The molecule has 6 rings (SSSR count). The van der Waals surface area contributed by atoms with Gasteiger partial charge in [0.25, 0.3) is 0 Å². The zero-order valence-electron chi connectivity index (χ0n) is 22.5. The molecule has 39 heavy (non-hydrogen) atoms. The SMILES string of the molecule is COC(=O)c1cccc(-c2ccc(CNC(=O)C3CC3c3ccccc3)c3c2CCN(C(=O)C2(C)CC2)C3)c1. The van der Waals surface area contributed by atoms with Crippen LogP contribution in [0.25, 0.3) is 11.1 Å². The van der Waals surface area contributed by atoms with Crippen molar-refractivity contribution >= 4 is 17.8 Å². The molecule has 2 unspecified atom stereocenters. The number of methoxy groups -OCH3 is 1. The molecule has 0 spiro atoms. The first-order chi connectivity index (χ1) is 18.9. The maximum Gasteiger partial charge on any atom is 0.337 e. The van der Waals surface area contributed by atoms with E-state index in [-0.39, 0.29) is 35.0 Å². The number of amides is 2. The number of benzene rings is 3. The van der Waals surface area contributed by atoms with Gasteiger partial charge < -0.3 is 15.0 Å². The fourth-order valence-corrected chi connectivity index (χ4v) is 5.93. The second kappa shape index (κ2) is 9.99. The number of nitrogens with one attached hydrogen (secondary N) is 1. The molecular weight excluding hydrogens is 488 g/mol. The Hall–Kier alpha value is -3.93. The van der Waals surface area contributed by atoms with Crippen molar-refractivity contribution in [2.75, 3.05) is 13.7 Å². The van der Waals surface area contributed by atoms with Crippen LogP contribution >= 0.6 is 0 Å². The lowest BCUT2D eigenvalue weighted by atomic mass is 9.86. The molecule has 6 heteroatoms. The molecule has 0 aromatic heterocycles. The minimum Gasteiger partial charge on any atom is -0.465 e. The van der Waals surface area contributed by atoms with E-state index in [2.05, 4.69) is 36.5 Å². The van der Waals surface area contributed by atoms with Crippen LogP contribution in [-0.4, -0.2) is 36.3 Å². The van der Waals surface area contributed by atoms with E-state index < -0.39 is 0 Å². The summed E-state index contributed by atoms with van der Waals surface area (Å²) in [5.41, 5.74) is 6.84. The molecule has 1 aliphatic heterocycles. The van der Waals surface area contributed by atoms with Crippen molar-refractivity contribution in [2.24, 2.45) is 11.3 Å². The van der Waals surface area contributed by atoms with Crippen molar-refractivity contribution in [1.82, 2.24) is 10.2 Å². The van der Waals surface area contributed by atoms with Gasteiger partial charge in [-0.05, 0) is 77.1 Å². The summed E-state index contributed by atoms with van der Waals surface area (Å²) in [6.45, 7) is 3.69. The van der Waals surface area contributed by atoms with Crippen LogP contribution in [0.15, 0.2) is 66.7 Å². The number of ether oxygens (including phenoxy) is 1. The summed E-state index contributed by atoms with van der Waals surface area (Å²) in [6.07, 6.45) is 3.50. The average molecular weight is 523 g/mol. The van der Waals surface area contributed by atoms with Crippen LogP contribution < -0.4 is 5.32 Å². The van der Waals surface area contributed by atoms with Gasteiger partial charge in [-0.1, -0.05) is 61.5 Å². The van der Waals surface area contributed by atoms with Gasteiger partial charge in [0.15, 0.2) is 0 Å². The third kappa shape index (κ3) is 4.96. The lowest BCUT2D eigenvalue weighted by molar-refractivity contribution is -0.137. The van der Waals surface area contributed by atoms with Gasteiger partial charge in [-0.25, -0.2) is 4.79 Å². The Morgan fingerprint density at radius 2 is 1.79 bits per heavy atom. The molecule has 6 nitrogen and oxygen atoms in total. The van der Waals surface area contributed by atoms with Gasteiger partial charge in [0.2, 0.25) is 11.8 Å². The highest BCUT2D eigenvalue weighted by molar-refractivity contribution is 5.91. The van der Waals surface area contributed by atoms with Crippen LogP contribution in [0, 0.1) is 11.3 Å². The molecule has 2 saturated carbocycles. The Labute approximate surface area is 229 Å². The molecule has 1 N–H and O–H groups in total. The summed E-state index contributed by atoms with van der Waals surface area (Å²) in [5.74, 6) is 0.244. The van der Waals surface area contributed by atoms with Gasteiger partial charge in [-0.3, -0.25) is 9.59 Å². The molecule has 3 aliphatic rings. The van der Waals surface area contributed by atoms with Gasteiger partial charge >= 0.3 is 5.97 Å². The molecular formula is C33H34N2O4. The number of rotatable bonds is 7. The van der Waals surface area contributed by atoms with Crippen LogP contribution in [0.4, 0.5) is 0 Å². The number of carbonyl (C=O) groups excluding carboxylic acids is 3. The fraction of sp³-hybridized carbons (Fsp3) is 0.364. The first kappa shape index (κ1) is 25.4. The van der Waals surface area contributed by atoms with Gasteiger partial charge in [-0.2, -0.15) is 0 Å². The normalized spacial score (nSPS) is 20.5. The van der Waals surface area contributed by atoms with Crippen LogP contribution in [0.5, 0.6) is 0 Å². The van der Waals surface area contributed by atoms with Crippen LogP contribution in [0.1, 0.15) is 64.7 Å². The topological polar surface area (TPSA) is 75.7 Å². The fourth-order valence-electron chi connectivity index (χ4n) is 5.93. The van der Waals surface area contributed by atoms with Gasteiger partial charge in [0.1, 0.15) is 0 Å². The quantitative estimate of drug-likeness (QED) is 0.431. The second-order valence-electron chi connectivity index (χ2n) is 11.4. The van der Waals surface area contributed by atoms with Gasteiger partial charge in [0, 0.05) is 31.0 Å². The number of fused-ring (bicyclic) bond motifs is 1. The Morgan fingerprint density at radius 1 is 1.00 bits per heavy atom. The summed E-state index contributed by atoms with van der Waals surface area (Å²) in [6, 6.07) is 21.9. The second-order valence-corrected chi connectivity index (χ2v) is 11.4. The molecule has 0 radical (unpaired) electrons. The summed E-state index contributed by atoms with van der Waals surface area (Å²) in [5, 5.41) is 3.18. The van der Waals surface area contributed by atoms with Crippen LogP contribution in [0.2, 0.25) is 0 Å². The number of nitrogens with zero attached hydrogens (tertiary/aromatic N) is 1. The first-order valence-electron chi connectivity index (χ1n) is 13.8. The van der Waals surface area contributed by atoms with E-state index in [9.17, 15) is 14.4 Å². The van der Waals surface area contributed by atoms with E-state index >= 15 is 0 Å².